The standard InChI is InChI=1S/C11H13ClN2O.C11H13ClN2/c1-15-6-5-14-7-8(12)11-9(13)3-2-4-10(11)14;1-2-6-14-7-8(12)11-9(13)4-3-5-10(11)14/h2-4,7H,5-6,13H2,1H3;3-5,7H,2,6,13H2,1H3. The van der Waals surface area contributed by atoms with Crippen LogP contribution in [0.3, 0.4) is 0 Å². The van der Waals surface area contributed by atoms with Crippen LogP contribution in [0, 0.1) is 0 Å². The minimum absolute atomic E-state index is 0.662. The van der Waals surface area contributed by atoms with Crippen LogP contribution in [0.1, 0.15) is 13.3 Å². The summed E-state index contributed by atoms with van der Waals surface area (Å²) in [7, 11) is 1.68. The van der Waals surface area contributed by atoms with Crippen LogP contribution < -0.4 is 11.5 Å². The second-order valence-corrected chi connectivity index (χ2v) is 7.63. The predicted molar refractivity (Wildman–Crippen MR) is 125 cm³/mol. The molecule has 4 rings (SSSR count). The molecule has 4 aromatic rings. The van der Waals surface area contributed by atoms with Crippen LogP contribution in [0.2, 0.25) is 10.0 Å². The van der Waals surface area contributed by atoms with Gasteiger partial charge in [-0.2, -0.15) is 0 Å². The van der Waals surface area contributed by atoms with Gasteiger partial charge in [0.2, 0.25) is 0 Å². The van der Waals surface area contributed by atoms with E-state index in [-0.39, 0.29) is 0 Å². The van der Waals surface area contributed by atoms with Gasteiger partial charge in [0.25, 0.3) is 0 Å². The van der Waals surface area contributed by atoms with E-state index in [0.29, 0.717) is 17.3 Å². The molecular formula is C22H26Cl2N4O. The minimum Gasteiger partial charge on any atom is -0.398 e. The van der Waals surface area contributed by atoms with E-state index < -0.39 is 0 Å². The van der Waals surface area contributed by atoms with E-state index in [1.165, 1.54) is 0 Å². The molecule has 0 unspecified atom stereocenters. The van der Waals surface area contributed by atoms with Crippen LogP contribution in [-0.2, 0) is 17.8 Å². The fraction of sp³-hybridized carbons (Fsp3) is 0.273. The molecule has 0 radical (unpaired) electrons. The molecule has 0 aliphatic rings. The number of nitrogens with two attached hydrogens (primary N) is 2. The van der Waals surface area contributed by atoms with Gasteiger partial charge in [0, 0.05) is 54.7 Å². The van der Waals surface area contributed by atoms with Gasteiger partial charge in [0.1, 0.15) is 0 Å². The Morgan fingerprint density at radius 1 is 0.828 bits per heavy atom. The van der Waals surface area contributed by atoms with Gasteiger partial charge in [-0.15, -0.1) is 0 Å². The molecule has 5 nitrogen and oxygen atoms in total. The van der Waals surface area contributed by atoms with Gasteiger partial charge >= 0.3 is 0 Å². The molecule has 2 heterocycles. The molecule has 0 spiro atoms. The average molecular weight is 433 g/mol. The zero-order chi connectivity index (χ0) is 21.0. The van der Waals surface area contributed by atoms with E-state index in [0.717, 1.165) is 52.0 Å². The summed E-state index contributed by atoms with van der Waals surface area (Å²) in [6, 6.07) is 11.7. The summed E-state index contributed by atoms with van der Waals surface area (Å²) < 4.78 is 9.24. The first-order valence-electron chi connectivity index (χ1n) is 9.52. The normalized spacial score (nSPS) is 11.0. The molecule has 0 aliphatic carbocycles. The molecule has 0 bridgehead atoms. The first-order valence-corrected chi connectivity index (χ1v) is 10.3. The largest absolute Gasteiger partial charge is 0.398 e. The number of nitrogens with zero attached hydrogens (tertiary/aromatic N) is 2. The van der Waals surface area contributed by atoms with Crippen molar-refractivity contribution in [2.24, 2.45) is 0 Å². The summed E-state index contributed by atoms with van der Waals surface area (Å²) in [4.78, 5) is 0. The van der Waals surface area contributed by atoms with Gasteiger partial charge < -0.3 is 25.3 Å². The average Bonchev–Trinajstić information content (AvgIpc) is 3.20. The number of ether oxygens (including phenoxy) is 1. The van der Waals surface area contributed by atoms with Crippen LogP contribution >= 0.6 is 23.2 Å². The van der Waals surface area contributed by atoms with Crippen molar-refractivity contribution in [3.8, 4) is 0 Å². The number of hydrogen-bond donors (Lipinski definition) is 2. The van der Waals surface area contributed by atoms with Crippen LogP contribution in [-0.4, -0.2) is 22.9 Å². The lowest BCUT2D eigenvalue weighted by Crippen LogP contribution is -2.02. The molecular weight excluding hydrogens is 407 g/mol. The number of fused-ring (bicyclic) bond motifs is 2. The number of nitrogen functional groups attached to an aromatic ring is 2. The maximum atomic E-state index is 6.12. The van der Waals surface area contributed by atoms with Crippen molar-refractivity contribution in [2.75, 3.05) is 25.2 Å². The lowest BCUT2D eigenvalue weighted by molar-refractivity contribution is 0.188. The predicted octanol–water partition coefficient (Wildman–Crippen LogP) is 5.81. The molecule has 0 fully saturated rings. The maximum absolute atomic E-state index is 6.12. The first kappa shape index (κ1) is 21.4. The molecule has 0 saturated carbocycles. The Kier molecular flexibility index (Phi) is 6.96. The number of methoxy groups -OCH3 is 1. The van der Waals surface area contributed by atoms with Gasteiger partial charge in [-0.05, 0) is 30.7 Å². The number of anilines is 2. The zero-order valence-corrected chi connectivity index (χ0v) is 18.2. The summed E-state index contributed by atoms with van der Waals surface area (Å²) in [6.45, 7) is 4.57. The zero-order valence-electron chi connectivity index (χ0n) is 16.7. The van der Waals surface area contributed by atoms with Gasteiger partial charge in [0.15, 0.2) is 0 Å². The van der Waals surface area contributed by atoms with Crippen molar-refractivity contribution >= 4 is 56.4 Å². The molecule has 2 aromatic carbocycles. The van der Waals surface area contributed by atoms with Crippen molar-refractivity contribution in [1.82, 2.24) is 9.13 Å². The summed E-state index contributed by atoms with van der Waals surface area (Å²) in [6.07, 6.45) is 4.93. The molecule has 154 valence electrons. The van der Waals surface area contributed by atoms with E-state index in [2.05, 4.69) is 16.1 Å². The number of halogens is 2. The van der Waals surface area contributed by atoms with Crippen molar-refractivity contribution in [3.05, 3.63) is 58.8 Å². The molecule has 29 heavy (non-hydrogen) atoms. The van der Waals surface area contributed by atoms with E-state index >= 15 is 0 Å². The molecule has 4 N–H and O–H groups in total. The van der Waals surface area contributed by atoms with Crippen molar-refractivity contribution < 1.29 is 4.74 Å². The lowest BCUT2D eigenvalue weighted by atomic mass is 10.2. The molecule has 2 aromatic heterocycles. The second kappa shape index (κ2) is 9.44. The van der Waals surface area contributed by atoms with Gasteiger partial charge in [-0.25, -0.2) is 0 Å². The number of aromatic nitrogens is 2. The Labute approximate surface area is 180 Å². The molecule has 0 aliphatic heterocycles. The van der Waals surface area contributed by atoms with E-state index in [1.807, 2.05) is 48.8 Å². The fourth-order valence-corrected chi connectivity index (χ4v) is 4.10. The molecule has 0 amide bonds. The quantitative estimate of drug-likeness (QED) is 0.390. The number of hydrogen-bond acceptors (Lipinski definition) is 3. The summed E-state index contributed by atoms with van der Waals surface area (Å²) in [5.41, 5.74) is 15.4. The third kappa shape index (κ3) is 4.47. The van der Waals surface area contributed by atoms with Crippen molar-refractivity contribution in [2.45, 2.75) is 26.4 Å². The summed E-state index contributed by atoms with van der Waals surface area (Å²) in [5.74, 6) is 0. The van der Waals surface area contributed by atoms with Crippen LogP contribution in [0.4, 0.5) is 11.4 Å². The number of rotatable bonds is 5. The van der Waals surface area contributed by atoms with Crippen molar-refractivity contribution in [3.63, 3.8) is 0 Å². The second-order valence-electron chi connectivity index (χ2n) is 6.82. The highest BCUT2D eigenvalue weighted by molar-refractivity contribution is 6.37. The highest BCUT2D eigenvalue weighted by Crippen LogP contribution is 2.31. The third-order valence-corrected chi connectivity index (χ3v) is 5.36. The van der Waals surface area contributed by atoms with Crippen LogP contribution in [0.15, 0.2) is 48.8 Å². The lowest BCUT2D eigenvalue weighted by Gasteiger charge is -2.04. The summed E-state index contributed by atoms with van der Waals surface area (Å²) >= 11 is 12.2. The maximum Gasteiger partial charge on any atom is 0.0682 e. The topological polar surface area (TPSA) is 71.1 Å². The highest BCUT2D eigenvalue weighted by atomic mass is 35.5. The van der Waals surface area contributed by atoms with Gasteiger partial charge in [0.05, 0.1) is 27.7 Å². The molecule has 0 saturated heterocycles. The molecule has 0 atom stereocenters. The van der Waals surface area contributed by atoms with E-state index in [1.54, 1.807) is 7.11 Å². The fourth-order valence-electron chi connectivity index (χ4n) is 3.46. The SMILES string of the molecule is CCCn1cc(Cl)c2c(N)cccc21.COCCn1cc(Cl)c2c(N)cccc21. The Bertz CT molecular complexity index is 1120. The number of aryl methyl sites for hydroxylation is 1. The van der Waals surface area contributed by atoms with Crippen LogP contribution in [0.25, 0.3) is 21.8 Å². The van der Waals surface area contributed by atoms with E-state index in [9.17, 15) is 0 Å². The van der Waals surface area contributed by atoms with E-state index in [4.69, 9.17) is 39.4 Å². The smallest absolute Gasteiger partial charge is 0.0682 e. The Morgan fingerprint density at radius 3 is 1.76 bits per heavy atom. The van der Waals surface area contributed by atoms with Gasteiger partial charge in [-0.1, -0.05) is 42.3 Å². The Hall–Kier alpha value is -2.34. The third-order valence-electron chi connectivity index (χ3n) is 4.79. The van der Waals surface area contributed by atoms with Gasteiger partial charge in [-0.3, -0.25) is 0 Å². The highest BCUT2D eigenvalue weighted by Gasteiger charge is 2.09. The Morgan fingerprint density at radius 2 is 1.31 bits per heavy atom. The van der Waals surface area contributed by atoms with Crippen molar-refractivity contribution in [1.29, 1.82) is 0 Å². The van der Waals surface area contributed by atoms with Crippen LogP contribution in [0.5, 0.6) is 0 Å². The summed E-state index contributed by atoms with van der Waals surface area (Å²) in [5, 5.41) is 3.34. The molecule has 7 heteroatoms. The minimum atomic E-state index is 0.662. The first-order chi connectivity index (χ1) is 14.0. The Balaban J connectivity index is 0.000000166. The number of benzene rings is 2. The monoisotopic (exact) mass is 432 g/mol.